The summed E-state index contributed by atoms with van der Waals surface area (Å²) in [6, 6.07) is 28.3. The van der Waals surface area contributed by atoms with Gasteiger partial charge < -0.3 is 10.1 Å². The van der Waals surface area contributed by atoms with Crippen LogP contribution in [-0.4, -0.2) is 28.6 Å². The first kappa shape index (κ1) is 23.0. The van der Waals surface area contributed by atoms with Crippen LogP contribution in [0.2, 0.25) is 0 Å². The lowest BCUT2D eigenvalue weighted by Crippen LogP contribution is -2.34. The third-order valence-corrected chi connectivity index (χ3v) is 5.52. The van der Waals surface area contributed by atoms with Gasteiger partial charge in [-0.2, -0.15) is 0 Å². The Bertz CT molecular complexity index is 1230. The van der Waals surface area contributed by atoms with E-state index in [1.807, 2.05) is 91.9 Å². The van der Waals surface area contributed by atoms with Crippen LogP contribution in [0.1, 0.15) is 24.0 Å². The molecule has 1 amide bonds. The number of nitrogens with one attached hydrogen (secondary N) is 1. The maximum Gasteiger partial charge on any atom is 0.253 e. The van der Waals surface area contributed by atoms with Crippen molar-refractivity contribution in [1.82, 2.24) is 14.9 Å². The zero-order chi connectivity index (χ0) is 23.8. The third kappa shape index (κ3) is 5.59. The highest BCUT2D eigenvalue weighted by Gasteiger charge is 2.22. The number of rotatable bonds is 9. The van der Waals surface area contributed by atoms with Gasteiger partial charge in [0, 0.05) is 24.7 Å². The summed E-state index contributed by atoms with van der Waals surface area (Å²) in [4.78, 5) is 30.2. The van der Waals surface area contributed by atoms with Crippen molar-refractivity contribution in [3.05, 3.63) is 119 Å². The van der Waals surface area contributed by atoms with Crippen molar-refractivity contribution in [2.45, 2.75) is 19.4 Å². The maximum atomic E-state index is 13.1. The van der Waals surface area contributed by atoms with Crippen LogP contribution in [0.25, 0.3) is 11.3 Å². The Labute approximate surface area is 198 Å². The van der Waals surface area contributed by atoms with Crippen LogP contribution in [0.3, 0.4) is 0 Å². The molecule has 0 saturated heterocycles. The van der Waals surface area contributed by atoms with Crippen LogP contribution in [-0.2, 0) is 11.3 Å². The molecule has 3 aromatic carbocycles. The van der Waals surface area contributed by atoms with E-state index >= 15 is 0 Å². The van der Waals surface area contributed by atoms with Gasteiger partial charge in [-0.25, -0.2) is 4.98 Å². The molecule has 1 N–H and O–H groups in total. The molecule has 0 fully saturated rings. The van der Waals surface area contributed by atoms with Crippen LogP contribution in [0.15, 0.2) is 102 Å². The summed E-state index contributed by atoms with van der Waals surface area (Å²) in [6.07, 6.45) is 1.52. The predicted octanol–water partition coefficient (Wildman–Crippen LogP) is 4.26. The van der Waals surface area contributed by atoms with E-state index in [-0.39, 0.29) is 11.5 Å². The number of amides is 1. The molecule has 0 spiro atoms. The summed E-state index contributed by atoms with van der Waals surface area (Å²) in [5.74, 6) is 0.253. The molecule has 0 unspecified atom stereocenters. The molecule has 4 rings (SSSR count). The van der Waals surface area contributed by atoms with Crippen LogP contribution in [0.4, 0.5) is 0 Å². The minimum absolute atomic E-state index is 0.107. The molecule has 0 saturated carbocycles. The van der Waals surface area contributed by atoms with Gasteiger partial charge in [-0.1, -0.05) is 60.7 Å². The average Bonchev–Trinajstić information content (AvgIpc) is 2.87. The van der Waals surface area contributed by atoms with E-state index in [0.717, 1.165) is 22.4 Å². The first-order valence-corrected chi connectivity index (χ1v) is 11.3. The van der Waals surface area contributed by atoms with Gasteiger partial charge in [-0.05, 0) is 42.3 Å². The fourth-order valence-electron chi connectivity index (χ4n) is 3.83. The van der Waals surface area contributed by atoms with E-state index in [1.54, 1.807) is 0 Å². The van der Waals surface area contributed by atoms with E-state index in [4.69, 9.17) is 4.74 Å². The molecule has 4 aromatic rings. The molecular weight excluding hydrogens is 426 g/mol. The average molecular weight is 454 g/mol. The quantitative estimate of drug-likeness (QED) is 0.411. The molecule has 1 aromatic heterocycles. The van der Waals surface area contributed by atoms with Gasteiger partial charge in [-0.3, -0.25) is 14.2 Å². The first-order valence-electron chi connectivity index (χ1n) is 11.3. The number of hydrogen-bond donors (Lipinski definition) is 1. The molecule has 0 aliphatic carbocycles. The Hall–Kier alpha value is -4.19. The molecule has 34 heavy (non-hydrogen) atoms. The van der Waals surface area contributed by atoms with E-state index in [0.29, 0.717) is 25.4 Å². The SMILES string of the molecule is CCOc1ccc(-c2cc(=O)n(CCNC(=O)C(c3ccccc3)c3ccccc3)cn2)cc1. The Morgan fingerprint density at radius 1 is 0.941 bits per heavy atom. The topological polar surface area (TPSA) is 73.2 Å². The summed E-state index contributed by atoms with van der Waals surface area (Å²) >= 11 is 0. The first-order chi connectivity index (χ1) is 16.7. The minimum Gasteiger partial charge on any atom is -0.494 e. The highest BCUT2D eigenvalue weighted by atomic mass is 16.5. The summed E-state index contributed by atoms with van der Waals surface area (Å²) in [7, 11) is 0. The molecule has 1 heterocycles. The zero-order valence-electron chi connectivity index (χ0n) is 19.1. The number of aromatic nitrogens is 2. The minimum atomic E-state index is -0.417. The third-order valence-electron chi connectivity index (χ3n) is 5.52. The lowest BCUT2D eigenvalue weighted by molar-refractivity contribution is -0.121. The number of nitrogens with zero attached hydrogens (tertiary/aromatic N) is 2. The lowest BCUT2D eigenvalue weighted by atomic mass is 9.90. The van der Waals surface area contributed by atoms with Gasteiger partial charge in [0.1, 0.15) is 5.75 Å². The molecule has 6 nitrogen and oxygen atoms in total. The normalized spacial score (nSPS) is 10.8. The van der Waals surface area contributed by atoms with Gasteiger partial charge in [0.15, 0.2) is 0 Å². The molecule has 0 aliphatic heterocycles. The van der Waals surface area contributed by atoms with E-state index in [1.165, 1.54) is 17.0 Å². The maximum absolute atomic E-state index is 13.1. The predicted molar refractivity (Wildman–Crippen MR) is 133 cm³/mol. The van der Waals surface area contributed by atoms with Crippen LogP contribution in [0, 0.1) is 0 Å². The van der Waals surface area contributed by atoms with Crippen molar-refractivity contribution in [1.29, 1.82) is 0 Å². The molecule has 0 bridgehead atoms. The van der Waals surface area contributed by atoms with Crippen molar-refractivity contribution >= 4 is 5.91 Å². The number of benzene rings is 3. The van der Waals surface area contributed by atoms with Gasteiger partial charge in [0.25, 0.3) is 5.56 Å². The Kier molecular flexibility index (Phi) is 7.50. The largest absolute Gasteiger partial charge is 0.494 e. The fourth-order valence-corrected chi connectivity index (χ4v) is 3.83. The molecule has 0 atom stereocenters. The number of carbonyl (C=O) groups excluding carboxylic acids is 1. The monoisotopic (exact) mass is 453 g/mol. The van der Waals surface area contributed by atoms with Crippen molar-refractivity contribution < 1.29 is 9.53 Å². The Morgan fingerprint density at radius 2 is 1.56 bits per heavy atom. The highest BCUT2D eigenvalue weighted by Crippen LogP contribution is 2.24. The van der Waals surface area contributed by atoms with Crippen molar-refractivity contribution in [2.24, 2.45) is 0 Å². The second-order valence-corrected chi connectivity index (χ2v) is 7.81. The Morgan fingerprint density at radius 3 is 2.12 bits per heavy atom. The van der Waals surface area contributed by atoms with E-state index in [9.17, 15) is 9.59 Å². The highest BCUT2D eigenvalue weighted by molar-refractivity contribution is 5.87. The van der Waals surface area contributed by atoms with Crippen LogP contribution < -0.4 is 15.6 Å². The standard InChI is InChI=1S/C28H27N3O3/c1-2-34-24-15-13-21(14-16-24)25-19-26(32)31(20-30-25)18-17-29-28(33)27(22-9-5-3-6-10-22)23-11-7-4-8-12-23/h3-16,19-20,27H,2,17-18H2,1H3,(H,29,33). The molecular formula is C28H27N3O3. The van der Waals surface area contributed by atoms with Crippen molar-refractivity contribution in [2.75, 3.05) is 13.2 Å². The Balaban J connectivity index is 1.42. The van der Waals surface area contributed by atoms with Gasteiger partial charge >= 0.3 is 0 Å². The van der Waals surface area contributed by atoms with Crippen LogP contribution in [0.5, 0.6) is 5.75 Å². The zero-order valence-corrected chi connectivity index (χ0v) is 19.1. The molecule has 6 heteroatoms. The summed E-state index contributed by atoms with van der Waals surface area (Å²) in [5.41, 5.74) is 3.11. The summed E-state index contributed by atoms with van der Waals surface area (Å²) in [6.45, 7) is 3.18. The molecule has 0 aliphatic rings. The number of carbonyl (C=O) groups is 1. The smallest absolute Gasteiger partial charge is 0.253 e. The molecule has 0 radical (unpaired) electrons. The van der Waals surface area contributed by atoms with Gasteiger partial charge in [0.2, 0.25) is 5.91 Å². The number of ether oxygens (including phenoxy) is 1. The fraction of sp³-hybridized carbons (Fsp3) is 0.179. The second-order valence-electron chi connectivity index (χ2n) is 7.81. The number of hydrogen-bond acceptors (Lipinski definition) is 4. The summed E-state index contributed by atoms with van der Waals surface area (Å²) < 4.78 is 6.95. The van der Waals surface area contributed by atoms with E-state index < -0.39 is 5.92 Å². The van der Waals surface area contributed by atoms with Gasteiger partial charge in [-0.15, -0.1) is 0 Å². The van der Waals surface area contributed by atoms with Crippen molar-refractivity contribution in [3.63, 3.8) is 0 Å². The van der Waals surface area contributed by atoms with E-state index in [2.05, 4.69) is 10.3 Å². The van der Waals surface area contributed by atoms with Crippen molar-refractivity contribution in [3.8, 4) is 17.0 Å². The molecule has 172 valence electrons. The second kappa shape index (κ2) is 11.1. The summed E-state index contributed by atoms with van der Waals surface area (Å²) in [5, 5.41) is 2.98. The van der Waals surface area contributed by atoms with Gasteiger partial charge in [0.05, 0.1) is 24.5 Å². The van der Waals surface area contributed by atoms with Crippen LogP contribution >= 0.6 is 0 Å². The lowest BCUT2D eigenvalue weighted by Gasteiger charge is -2.18.